The fourth-order valence-electron chi connectivity index (χ4n) is 2.43. The Morgan fingerprint density at radius 2 is 1.63 bits per heavy atom. The molecule has 2 nitrogen and oxygen atoms in total. The van der Waals surface area contributed by atoms with Gasteiger partial charge in [-0.2, -0.15) is 0 Å². The van der Waals surface area contributed by atoms with Crippen LogP contribution in [0.25, 0.3) is 0 Å². The molecule has 0 aromatic heterocycles. The minimum atomic E-state index is -0.455. The van der Waals surface area contributed by atoms with Crippen LogP contribution in [0.5, 0.6) is 5.75 Å². The Morgan fingerprint density at radius 1 is 0.926 bits per heavy atom. The molecule has 140 valence electrons. The lowest BCUT2D eigenvalue weighted by Crippen LogP contribution is -2.02. The summed E-state index contributed by atoms with van der Waals surface area (Å²) in [7, 11) is 0. The van der Waals surface area contributed by atoms with E-state index in [1.165, 1.54) is 18.2 Å². The fourth-order valence-corrected chi connectivity index (χ4v) is 4.12. The van der Waals surface area contributed by atoms with Gasteiger partial charge in [0, 0.05) is 17.8 Å². The predicted molar refractivity (Wildman–Crippen MR) is 111 cm³/mol. The summed E-state index contributed by atoms with van der Waals surface area (Å²) in [6.45, 7) is 0.627. The van der Waals surface area contributed by atoms with Gasteiger partial charge in [0.2, 0.25) is 0 Å². The lowest BCUT2D eigenvalue weighted by atomic mass is 10.2. The minimum absolute atomic E-state index is 0.0688. The molecule has 7 heteroatoms. The molecular formula is C20H14Br2ClF2NO. The molecule has 0 aliphatic rings. The molecule has 3 rings (SSSR count). The summed E-state index contributed by atoms with van der Waals surface area (Å²) in [5, 5.41) is 3.25. The number of hydrogen-bond donors (Lipinski definition) is 1. The molecule has 0 amide bonds. The molecule has 0 aliphatic carbocycles. The maximum Gasteiger partial charge on any atom is 0.148 e. The van der Waals surface area contributed by atoms with Gasteiger partial charge in [-0.1, -0.05) is 29.8 Å². The van der Waals surface area contributed by atoms with Crippen LogP contribution in [0.2, 0.25) is 5.02 Å². The highest BCUT2D eigenvalue weighted by atomic mass is 79.9. The van der Waals surface area contributed by atoms with E-state index in [4.69, 9.17) is 16.3 Å². The molecule has 0 unspecified atom stereocenters. The Kier molecular flexibility index (Phi) is 6.73. The first-order valence-electron chi connectivity index (χ1n) is 7.97. The van der Waals surface area contributed by atoms with E-state index in [1.54, 1.807) is 24.3 Å². The molecule has 0 radical (unpaired) electrons. The van der Waals surface area contributed by atoms with Crippen molar-refractivity contribution in [1.82, 2.24) is 0 Å². The second-order valence-corrected chi connectivity index (χ2v) is 7.87. The number of halogens is 5. The molecule has 0 atom stereocenters. The molecule has 0 saturated carbocycles. The fraction of sp³-hybridized carbons (Fsp3) is 0.100. The van der Waals surface area contributed by atoms with Crippen LogP contribution in [-0.2, 0) is 13.2 Å². The van der Waals surface area contributed by atoms with Crippen molar-refractivity contribution in [1.29, 1.82) is 0 Å². The number of ether oxygens (including phenoxy) is 1. The van der Waals surface area contributed by atoms with Crippen LogP contribution in [0.15, 0.2) is 63.5 Å². The maximum atomic E-state index is 13.7. The smallest absolute Gasteiger partial charge is 0.148 e. The lowest BCUT2D eigenvalue weighted by molar-refractivity contribution is 0.296. The van der Waals surface area contributed by atoms with Crippen LogP contribution in [0.1, 0.15) is 11.1 Å². The molecule has 0 spiro atoms. The Bertz CT molecular complexity index is 945. The van der Waals surface area contributed by atoms with E-state index in [9.17, 15) is 8.78 Å². The largest absolute Gasteiger partial charge is 0.486 e. The van der Waals surface area contributed by atoms with Crippen LogP contribution < -0.4 is 10.1 Å². The van der Waals surface area contributed by atoms with Gasteiger partial charge in [-0.05, 0) is 73.8 Å². The molecule has 1 N–H and O–H groups in total. The first kappa shape index (κ1) is 20.1. The van der Waals surface area contributed by atoms with Crippen molar-refractivity contribution in [3.8, 4) is 5.75 Å². The number of nitrogens with one attached hydrogen (secondary N) is 1. The second kappa shape index (κ2) is 9.04. The van der Waals surface area contributed by atoms with Gasteiger partial charge < -0.3 is 10.1 Å². The van der Waals surface area contributed by atoms with Crippen molar-refractivity contribution < 1.29 is 13.5 Å². The first-order chi connectivity index (χ1) is 12.9. The summed E-state index contributed by atoms with van der Waals surface area (Å²) >= 11 is 12.8. The highest BCUT2D eigenvalue weighted by Crippen LogP contribution is 2.35. The molecule has 3 aromatic rings. The van der Waals surface area contributed by atoms with E-state index >= 15 is 0 Å². The van der Waals surface area contributed by atoms with Crippen LogP contribution in [0.3, 0.4) is 0 Å². The van der Waals surface area contributed by atoms with E-state index in [0.29, 0.717) is 23.5 Å². The third-order valence-electron chi connectivity index (χ3n) is 3.80. The van der Waals surface area contributed by atoms with Crippen molar-refractivity contribution in [2.45, 2.75) is 13.2 Å². The first-order valence-corrected chi connectivity index (χ1v) is 9.93. The van der Waals surface area contributed by atoms with Gasteiger partial charge >= 0.3 is 0 Å². The zero-order chi connectivity index (χ0) is 19.4. The molecule has 0 saturated heterocycles. The van der Waals surface area contributed by atoms with Crippen LogP contribution in [0.4, 0.5) is 14.5 Å². The molecule has 3 aromatic carbocycles. The van der Waals surface area contributed by atoms with E-state index < -0.39 is 5.82 Å². The van der Waals surface area contributed by atoms with Crippen molar-refractivity contribution in [2.24, 2.45) is 0 Å². The lowest BCUT2D eigenvalue weighted by Gasteiger charge is -2.14. The SMILES string of the molecule is Fc1ccc(NCc2cc(Br)c(OCc3ccccc3F)c(Br)c2)cc1Cl. The van der Waals surface area contributed by atoms with Gasteiger partial charge in [0.05, 0.1) is 14.0 Å². The summed E-state index contributed by atoms with van der Waals surface area (Å²) in [5.41, 5.74) is 2.16. The zero-order valence-corrected chi connectivity index (χ0v) is 17.8. The summed E-state index contributed by atoms with van der Waals surface area (Å²) in [6, 6.07) is 14.8. The van der Waals surface area contributed by atoms with Crippen LogP contribution in [0, 0.1) is 11.6 Å². The van der Waals surface area contributed by atoms with E-state index in [-0.39, 0.29) is 17.4 Å². The second-order valence-electron chi connectivity index (χ2n) is 5.75. The van der Waals surface area contributed by atoms with Gasteiger partial charge in [-0.25, -0.2) is 8.78 Å². The average molecular weight is 518 g/mol. The topological polar surface area (TPSA) is 21.3 Å². The Hall–Kier alpha value is -1.63. The maximum absolute atomic E-state index is 13.7. The molecule has 0 fully saturated rings. The van der Waals surface area contributed by atoms with Gasteiger partial charge in [-0.3, -0.25) is 0 Å². The van der Waals surface area contributed by atoms with E-state index in [0.717, 1.165) is 14.5 Å². The summed E-state index contributed by atoms with van der Waals surface area (Å²) in [6.07, 6.45) is 0. The van der Waals surface area contributed by atoms with Gasteiger partial charge in [-0.15, -0.1) is 0 Å². The van der Waals surface area contributed by atoms with Gasteiger partial charge in [0.1, 0.15) is 24.0 Å². The monoisotopic (exact) mass is 515 g/mol. The Balaban J connectivity index is 1.68. The third kappa shape index (κ3) is 5.21. The van der Waals surface area contributed by atoms with E-state index in [1.807, 2.05) is 12.1 Å². The van der Waals surface area contributed by atoms with E-state index in [2.05, 4.69) is 37.2 Å². The Labute approximate surface area is 177 Å². The predicted octanol–water partition coefficient (Wildman–Crippen LogP) is 7.33. The molecule has 0 heterocycles. The number of benzene rings is 3. The van der Waals surface area contributed by atoms with Gasteiger partial charge in [0.25, 0.3) is 0 Å². The van der Waals surface area contributed by atoms with Crippen LogP contribution in [-0.4, -0.2) is 0 Å². The molecule has 27 heavy (non-hydrogen) atoms. The highest BCUT2D eigenvalue weighted by molar-refractivity contribution is 9.11. The highest BCUT2D eigenvalue weighted by Gasteiger charge is 2.11. The minimum Gasteiger partial charge on any atom is -0.486 e. The standard InChI is InChI=1S/C20H14Br2ClF2NO/c21-15-7-12(10-26-14-5-6-19(25)17(23)9-14)8-16(22)20(15)27-11-13-3-1-2-4-18(13)24/h1-9,26H,10-11H2. The van der Waals surface area contributed by atoms with Crippen molar-refractivity contribution >= 4 is 49.1 Å². The quantitative estimate of drug-likeness (QED) is 0.370. The number of anilines is 1. The molecule has 0 aliphatic heterocycles. The van der Waals surface area contributed by atoms with Crippen molar-refractivity contribution in [2.75, 3.05) is 5.32 Å². The number of hydrogen-bond acceptors (Lipinski definition) is 2. The van der Waals surface area contributed by atoms with Gasteiger partial charge in [0.15, 0.2) is 0 Å². The van der Waals surface area contributed by atoms with Crippen LogP contribution >= 0.6 is 43.5 Å². The Morgan fingerprint density at radius 3 is 2.30 bits per heavy atom. The summed E-state index contributed by atoms with van der Waals surface area (Å²) in [4.78, 5) is 0. The average Bonchev–Trinajstić information content (AvgIpc) is 2.63. The molecule has 0 bridgehead atoms. The van der Waals surface area contributed by atoms with Crippen molar-refractivity contribution in [3.05, 3.63) is 91.3 Å². The number of rotatable bonds is 6. The molecular weight excluding hydrogens is 503 g/mol. The zero-order valence-electron chi connectivity index (χ0n) is 13.9. The summed E-state index contributed by atoms with van der Waals surface area (Å²) < 4.78 is 34.2. The normalized spacial score (nSPS) is 10.7. The summed E-state index contributed by atoms with van der Waals surface area (Å²) in [5.74, 6) is -0.167. The third-order valence-corrected chi connectivity index (χ3v) is 5.27. The van der Waals surface area contributed by atoms with Crippen molar-refractivity contribution in [3.63, 3.8) is 0 Å².